The first-order valence-electron chi connectivity index (χ1n) is 21.2. The van der Waals surface area contributed by atoms with Gasteiger partial charge in [-0.1, -0.05) is 30.2 Å². The van der Waals surface area contributed by atoms with Crippen LogP contribution in [0.5, 0.6) is 11.5 Å². The molecule has 9 rings (SSSR count). The number of hydrogen-bond donors (Lipinski definition) is 4. The normalized spacial score (nSPS) is 23.2. The number of carbonyl (C=O) groups excluding carboxylic acids is 1. The summed E-state index contributed by atoms with van der Waals surface area (Å²) in [6, 6.07) is 18.8. The highest BCUT2D eigenvalue weighted by atomic mass is 35.5. The molecular formula is C45H50ClN7O7S. The number of benzene rings is 3. The number of carbonyl (C=O) groups is 1. The molecule has 61 heavy (non-hydrogen) atoms. The molecule has 2 saturated carbocycles. The molecule has 3 aliphatic carbocycles. The fourth-order valence-corrected chi connectivity index (χ4v) is 11.4. The number of nitro benzene ring substituents is 1. The van der Waals surface area contributed by atoms with Crippen LogP contribution in [0.25, 0.3) is 11.0 Å². The van der Waals surface area contributed by atoms with E-state index in [0.29, 0.717) is 23.9 Å². The highest BCUT2D eigenvalue weighted by Crippen LogP contribution is 2.55. The van der Waals surface area contributed by atoms with Crippen molar-refractivity contribution in [2.45, 2.75) is 81.2 Å². The zero-order chi connectivity index (χ0) is 42.3. The lowest BCUT2D eigenvalue weighted by molar-refractivity contribution is -0.384. The smallest absolute Gasteiger partial charge is 0.293 e. The van der Waals surface area contributed by atoms with Crippen LogP contribution in [0.4, 0.5) is 17.1 Å². The van der Waals surface area contributed by atoms with Gasteiger partial charge in [0.05, 0.1) is 27.7 Å². The average molecular weight is 868 g/mol. The molecule has 1 saturated heterocycles. The highest BCUT2D eigenvalue weighted by molar-refractivity contribution is 7.90. The molecule has 16 heteroatoms. The maximum absolute atomic E-state index is 13.9. The van der Waals surface area contributed by atoms with Crippen molar-refractivity contribution in [2.75, 3.05) is 42.9 Å². The van der Waals surface area contributed by atoms with Crippen LogP contribution in [0.15, 0.2) is 84.0 Å². The van der Waals surface area contributed by atoms with E-state index in [4.69, 9.17) is 16.3 Å². The first-order valence-corrected chi connectivity index (χ1v) is 23.1. The zero-order valence-corrected chi connectivity index (χ0v) is 35.4. The van der Waals surface area contributed by atoms with Crippen molar-refractivity contribution in [3.63, 3.8) is 0 Å². The van der Waals surface area contributed by atoms with E-state index >= 15 is 0 Å². The van der Waals surface area contributed by atoms with E-state index in [1.54, 1.807) is 30.5 Å². The Morgan fingerprint density at radius 2 is 1.82 bits per heavy atom. The van der Waals surface area contributed by atoms with Gasteiger partial charge in [-0.2, -0.15) is 0 Å². The molecule has 0 radical (unpaired) electrons. The summed E-state index contributed by atoms with van der Waals surface area (Å²) in [7, 11) is -4.56. The van der Waals surface area contributed by atoms with Gasteiger partial charge >= 0.3 is 0 Å². The lowest BCUT2D eigenvalue weighted by atomic mass is 9.55. The molecule has 1 aliphatic heterocycles. The number of anilines is 2. The lowest BCUT2D eigenvalue weighted by Crippen LogP contribution is -2.47. The van der Waals surface area contributed by atoms with Gasteiger partial charge in [0.25, 0.3) is 21.6 Å². The van der Waals surface area contributed by atoms with Gasteiger partial charge in [-0.25, -0.2) is 18.1 Å². The second kappa shape index (κ2) is 16.9. The number of ether oxygens (including phenoxy) is 1. The Kier molecular flexibility index (Phi) is 11.4. The fraction of sp³-hybridized carbons (Fsp3) is 0.422. The Morgan fingerprint density at radius 3 is 2.61 bits per heavy atom. The van der Waals surface area contributed by atoms with Gasteiger partial charge in [-0.3, -0.25) is 19.8 Å². The fourth-order valence-electron chi connectivity index (χ4n) is 10.1. The van der Waals surface area contributed by atoms with Crippen LogP contribution in [-0.2, 0) is 16.4 Å². The van der Waals surface area contributed by atoms with Crippen molar-refractivity contribution in [2.24, 2.45) is 11.3 Å². The van der Waals surface area contributed by atoms with Crippen LogP contribution in [-0.4, -0.2) is 78.1 Å². The molecule has 4 aliphatic rings. The number of aliphatic hydroxyl groups is 1. The molecule has 1 atom stereocenters. The van der Waals surface area contributed by atoms with E-state index in [2.05, 4.69) is 35.9 Å². The number of H-pyrrole nitrogens is 1. The van der Waals surface area contributed by atoms with Crippen molar-refractivity contribution in [1.29, 1.82) is 0 Å². The SMILES string of the molecule is O=C(NS(=O)(=O)c1ccc(NCC2CC3(CCC(O)CC3)C2)c([N+](=O)[O-])c1)c1ccc(N2CCN([C@@H]3CCCCc4c(Cl)cccc43)CC2)cc1Oc1cnc2[nH]ccc2c1. The third-order valence-corrected chi connectivity index (χ3v) is 15.0. The number of halogens is 1. The summed E-state index contributed by atoms with van der Waals surface area (Å²) >= 11 is 6.65. The quantitative estimate of drug-likeness (QED) is 0.0569. The van der Waals surface area contributed by atoms with Gasteiger partial charge in [-0.05, 0) is 123 Å². The predicted molar refractivity (Wildman–Crippen MR) is 234 cm³/mol. The van der Waals surface area contributed by atoms with Crippen molar-refractivity contribution >= 4 is 55.6 Å². The van der Waals surface area contributed by atoms with E-state index in [9.17, 15) is 28.4 Å². The van der Waals surface area contributed by atoms with Gasteiger partial charge in [0.15, 0.2) is 0 Å². The molecule has 2 aromatic heterocycles. The summed E-state index contributed by atoms with van der Waals surface area (Å²) in [4.78, 5) is 37.3. The number of aliphatic hydroxyl groups excluding tert-OH is 1. The topological polar surface area (TPSA) is 183 Å². The molecule has 3 aromatic carbocycles. The molecule has 0 bridgehead atoms. The predicted octanol–water partition coefficient (Wildman–Crippen LogP) is 8.37. The van der Waals surface area contributed by atoms with Gasteiger partial charge in [0.2, 0.25) is 0 Å². The highest BCUT2D eigenvalue weighted by Gasteiger charge is 2.45. The molecule has 0 unspecified atom stereocenters. The monoisotopic (exact) mass is 867 g/mol. The maximum atomic E-state index is 13.9. The molecule has 320 valence electrons. The van der Waals surface area contributed by atoms with Crippen molar-refractivity contribution in [1.82, 2.24) is 19.6 Å². The van der Waals surface area contributed by atoms with Gasteiger partial charge in [0, 0.05) is 73.2 Å². The first-order chi connectivity index (χ1) is 29.4. The lowest BCUT2D eigenvalue weighted by Gasteiger charge is -2.51. The number of rotatable bonds is 11. The Hall–Kier alpha value is -5.22. The summed E-state index contributed by atoms with van der Waals surface area (Å²) in [5.41, 5.74) is 4.05. The molecule has 3 heterocycles. The number of aromatic nitrogens is 2. The number of nitro groups is 1. The third-order valence-electron chi connectivity index (χ3n) is 13.3. The minimum absolute atomic E-state index is 0.0365. The number of sulfonamides is 1. The summed E-state index contributed by atoms with van der Waals surface area (Å²) in [6.07, 6.45) is 13.0. The van der Waals surface area contributed by atoms with Crippen LogP contribution in [0.1, 0.15) is 85.3 Å². The summed E-state index contributed by atoms with van der Waals surface area (Å²) in [5, 5.41) is 26.9. The van der Waals surface area contributed by atoms with E-state index < -0.39 is 31.4 Å². The number of aromatic amines is 1. The Balaban J connectivity index is 0.915. The van der Waals surface area contributed by atoms with E-state index in [1.165, 1.54) is 29.5 Å². The van der Waals surface area contributed by atoms with Crippen LogP contribution in [0, 0.1) is 21.4 Å². The largest absolute Gasteiger partial charge is 0.455 e. The van der Waals surface area contributed by atoms with Crippen LogP contribution in [0.3, 0.4) is 0 Å². The number of nitrogens with zero attached hydrogens (tertiary/aromatic N) is 4. The molecule has 3 fully saturated rings. The second-order valence-electron chi connectivity index (χ2n) is 17.2. The van der Waals surface area contributed by atoms with Gasteiger partial charge in [-0.15, -0.1) is 0 Å². The van der Waals surface area contributed by atoms with Crippen molar-refractivity contribution in [3.8, 4) is 11.5 Å². The number of amides is 1. The van der Waals surface area contributed by atoms with E-state index in [1.807, 2.05) is 18.2 Å². The number of pyridine rings is 1. The van der Waals surface area contributed by atoms with Crippen molar-refractivity contribution < 1.29 is 28.0 Å². The average Bonchev–Trinajstić information content (AvgIpc) is 3.60. The van der Waals surface area contributed by atoms with Crippen molar-refractivity contribution in [3.05, 3.63) is 111 Å². The summed E-state index contributed by atoms with van der Waals surface area (Å²) < 4.78 is 35.9. The number of piperazine rings is 1. The first kappa shape index (κ1) is 41.1. The molecule has 5 aromatic rings. The molecule has 1 spiro atoms. The molecule has 4 N–H and O–H groups in total. The minimum atomic E-state index is -4.56. The zero-order valence-electron chi connectivity index (χ0n) is 33.8. The minimum Gasteiger partial charge on any atom is -0.455 e. The van der Waals surface area contributed by atoms with E-state index in [0.717, 1.165) is 113 Å². The second-order valence-corrected chi connectivity index (χ2v) is 19.3. The molecular weight excluding hydrogens is 818 g/mol. The third kappa shape index (κ3) is 8.66. The van der Waals surface area contributed by atoms with Crippen LogP contribution in [0.2, 0.25) is 5.02 Å². The van der Waals surface area contributed by atoms with Gasteiger partial charge in [0.1, 0.15) is 22.8 Å². The number of hydrogen-bond acceptors (Lipinski definition) is 11. The standard InChI is InChI=1S/C45H50ClN7O7S/c46-38-6-3-5-36-35(38)4-1-2-7-40(36)52-20-18-51(19-21-52)31-8-10-37(42(23-31)60-33-22-30-14-17-47-43(30)49-28-33)44(55)50-61(58,59)34-9-11-39(41(24-34)53(56)57)48-27-29-25-45(26-29)15-12-32(54)13-16-45/h3,5-6,8-11,14,17,22-24,28-29,32,40,48,54H,1-2,4,7,12-13,15-16,18-21,25-27H2,(H,47,49)(H,50,55)/t29?,32?,40-,45?/m1/s1. The van der Waals surface area contributed by atoms with Gasteiger partial charge < -0.3 is 25.0 Å². The maximum Gasteiger partial charge on any atom is 0.293 e. The van der Waals surface area contributed by atoms with Crippen LogP contribution < -0.4 is 19.7 Å². The Morgan fingerprint density at radius 1 is 1.02 bits per heavy atom. The Bertz CT molecular complexity index is 2560. The van der Waals surface area contributed by atoms with Crippen LogP contribution >= 0.6 is 11.6 Å². The number of nitrogens with one attached hydrogen (secondary N) is 3. The molecule has 14 nitrogen and oxygen atoms in total. The van der Waals surface area contributed by atoms with E-state index in [-0.39, 0.29) is 34.6 Å². The molecule has 1 amide bonds. The summed E-state index contributed by atoms with van der Waals surface area (Å²) in [6.45, 7) is 3.58. The Labute approximate surface area is 359 Å². The summed E-state index contributed by atoms with van der Waals surface area (Å²) in [5.74, 6) is -0.142. The number of fused-ring (bicyclic) bond motifs is 2.